The molecule has 8 nitrogen and oxygen atoms in total. The SMILES string of the molecule is O=C(C[S+]1CCCC1)c1ccccc1.O=C(OCCOC(=O)C(F)(F)S(=O)(=O)[O-])C12CC3CC(CC(C3)C1)C2. The van der Waals surface area contributed by atoms with E-state index in [9.17, 15) is 36.1 Å². The van der Waals surface area contributed by atoms with Crippen molar-refractivity contribution in [3.05, 3.63) is 35.9 Å². The lowest BCUT2D eigenvalue weighted by atomic mass is 9.49. The lowest BCUT2D eigenvalue weighted by Gasteiger charge is -2.55. The summed E-state index contributed by atoms with van der Waals surface area (Å²) >= 11 is 0. The van der Waals surface area contributed by atoms with Gasteiger partial charge in [0.15, 0.2) is 15.9 Å². The van der Waals surface area contributed by atoms with Gasteiger partial charge in [0.05, 0.1) is 5.41 Å². The van der Waals surface area contributed by atoms with Crippen molar-refractivity contribution in [3.8, 4) is 0 Å². The maximum Gasteiger partial charge on any atom is 0.428 e. The van der Waals surface area contributed by atoms with Gasteiger partial charge >= 0.3 is 17.2 Å². The summed E-state index contributed by atoms with van der Waals surface area (Å²) in [5.41, 5.74) is 0.355. The highest BCUT2D eigenvalue weighted by Crippen LogP contribution is 2.60. The number of carbonyl (C=O) groups excluding carboxylic acids is 3. The molecule has 5 fully saturated rings. The van der Waals surface area contributed by atoms with Crippen molar-refractivity contribution in [2.75, 3.05) is 30.5 Å². The number of Topliss-reactive ketones (excluding diaryl/α,β-unsaturated/α-hetero) is 1. The molecule has 12 heteroatoms. The first kappa shape index (κ1) is 29.9. The van der Waals surface area contributed by atoms with Gasteiger partial charge in [0.1, 0.15) is 24.7 Å². The molecule has 4 saturated carbocycles. The molecule has 6 rings (SSSR count). The van der Waals surface area contributed by atoms with E-state index < -0.39 is 45.9 Å². The minimum absolute atomic E-state index is 0.329. The number of hydrogen-bond donors (Lipinski definition) is 0. The zero-order chi connectivity index (χ0) is 28.3. The van der Waals surface area contributed by atoms with Crippen LogP contribution in [0.4, 0.5) is 8.78 Å². The second-order valence-electron chi connectivity index (χ2n) is 11.1. The molecule has 216 valence electrons. The van der Waals surface area contributed by atoms with Gasteiger partial charge in [0.25, 0.3) is 0 Å². The van der Waals surface area contributed by atoms with Crippen molar-refractivity contribution in [3.63, 3.8) is 0 Å². The van der Waals surface area contributed by atoms with E-state index in [2.05, 4.69) is 4.74 Å². The Kier molecular flexibility index (Phi) is 9.37. The molecule has 1 aliphatic heterocycles. The van der Waals surface area contributed by atoms with Crippen LogP contribution in [0.5, 0.6) is 0 Å². The number of ketones is 1. The van der Waals surface area contributed by atoms with E-state index in [4.69, 9.17) is 4.74 Å². The summed E-state index contributed by atoms with van der Waals surface area (Å²) in [6.45, 7) is -1.19. The molecule has 0 atom stereocenters. The second kappa shape index (κ2) is 12.2. The number of benzene rings is 1. The Bertz CT molecular complexity index is 1110. The molecule has 4 aliphatic carbocycles. The van der Waals surface area contributed by atoms with Crippen LogP contribution >= 0.6 is 0 Å². The van der Waals surface area contributed by atoms with Crippen molar-refractivity contribution in [1.29, 1.82) is 0 Å². The molecule has 0 unspecified atom stereocenters. The van der Waals surface area contributed by atoms with Gasteiger partial charge in [-0.3, -0.25) is 9.59 Å². The molecule has 39 heavy (non-hydrogen) atoms. The Morgan fingerprint density at radius 3 is 1.95 bits per heavy atom. The van der Waals surface area contributed by atoms with Crippen LogP contribution in [0.15, 0.2) is 30.3 Å². The quantitative estimate of drug-likeness (QED) is 0.141. The predicted molar refractivity (Wildman–Crippen MR) is 139 cm³/mol. The average molecular weight is 589 g/mol. The van der Waals surface area contributed by atoms with Crippen LogP contribution in [0.2, 0.25) is 0 Å². The van der Waals surface area contributed by atoms with Gasteiger partial charge in [0, 0.05) is 5.56 Å². The highest BCUT2D eigenvalue weighted by Gasteiger charge is 2.55. The average Bonchev–Trinajstić information content (AvgIpc) is 3.39. The van der Waals surface area contributed by atoms with E-state index in [0.717, 1.165) is 49.8 Å². The smallest absolute Gasteiger partial charge is 0.428 e. The van der Waals surface area contributed by atoms with E-state index in [0.29, 0.717) is 34.4 Å². The topological polar surface area (TPSA) is 127 Å². The van der Waals surface area contributed by atoms with E-state index in [1.54, 1.807) is 0 Å². The summed E-state index contributed by atoms with van der Waals surface area (Å²) in [6, 6.07) is 9.66. The van der Waals surface area contributed by atoms with Gasteiger partial charge in [-0.1, -0.05) is 30.3 Å². The van der Waals surface area contributed by atoms with Crippen molar-refractivity contribution in [2.24, 2.45) is 23.2 Å². The van der Waals surface area contributed by atoms with Crippen LogP contribution in [0, 0.1) is 23.2 Å². The molecule has 0 aromatic heterocycles. The van der Waals surface area contributed by atoms with E-state index in [1.165, 1.54) is 24.3 Å². The van der Waals surface area contributed by atoms with Gasteiger partial charge in [-0.05, 0) is 80.0 Å². The molecular weight excluding hydrogens is 554 g/mol. The van der Waals surface area contributed by atoms with Crippen molar-refractivity contribution >= 4 is 38.7 Å². The zero-order valence-electron chi connectivity index (χ0n) is 21.6. The molecule has 0 amide bonds. The number of halogens is 2. The van der Waals surface area contributed by atoms with Crippen LogP contribution in [0.1, 0.15) is 61.7 Å². The lowest BCUT2D eigenvalue weighted by Crippen LogP contribution is -2.50. The number of carbonyl (C=O) groups is 3. The minimum Gasteiger partial charge on any atom is -0.743 e. The second-order valence-corrected chi connectivity index (χ2v) is 14.9. The molecule has 5 aliphatic rings. The molecule has 0 radical (unpaired) electrons. The maximum absolute atomic E-state index is 12.9. The fraction of sp³-hybridized carbons (Fsp3) is 0.667. The van der Waals surface area contributed by atoms with Crippen molar-refractivity contribution in [1.82, 2.24) is 0 Å². The molecule has 0 N–H and O–H groups in total. The Morgan fingerprint density at radius 1 is 0.923 bits per heavy atom. The lowest BCUT2D eigenvalue weighted by molar-refractivity contribution is -0.176. The number of ether oxygens (including phenoxy) is 2. The normalized spacial score (nSPS) is 27.9. The standard InChI is InChI=1S/C15H20F2O7S.C12H15OS/c16-15(17,25(20,21)22)13(19)24-2-1-23-12(18)14-6-9-3-10(7-14)5-11(4-9)8-14;13-12(10-14-8-4-5-9-14)11-6-2-1-3-7-11/h9-11H,1-8H2,(H,20,21,22);1-3,6-7H,4-5,8-10H2/q;+1/p-1. The summed E-state index contributed by atoms with van der Waals surface area (Å²) in [6.07, 6.45) is 8.38. The zero-order valence-corrected chi connectivity index (χ0v) is 23.3. The first-order valence-electron chi connectivity index (χ1n) is 13.3. The van der Waals surface area contributed by atoms with Crippen LogP contribution in [0.3, 0.4) is 0 Å². The Labute approximate surface area is 230 Å². The third-order valence-electron chi connectivity index (χ3n) is 8.12. The summed E-state index contributed by atoms with van der Waals surface area (Å²) in [5, 5.41) is -5.16. The number of rotatable bonds is 9. The molecule has 1 aromatic rings. The predicted octanol–water partition coefficient (Wildman–Crippen LogP) is 3.71. The van der Waals surface area contributed by atoms with Gasteiger partial charge in [-0.2, -0.15) is 8.78 Å². The number of alkyl halides is 2. The van der Waals surface area contributed by atoms with Crippen LogP contribution < -0.4 is 0 Å². The first-order chi connectivity index (χ1) is 18.4. The Balaban J connectivity index is 0.000000212. The number of esters is 2. The largest absolute Gasteiger partial charge is 0.743 e. The fourth-order valence-corrected chi connectivity index (χ4v) is 9.24. The summed E-state index contributed by atoms with van der Waals surface area (Å²) in [4.78, 5) is 35.2. The highest BCUT2D eigenvalue weighted by atomic mass is 32.2. The summed E-state index contributed by atoms with van der Waals surface area (Å²) in [5.74, 6) is 2.36. The van der Waals surface area contributed by atoms with Crippen LogP contribution in [0.25, 0.3) is 0 Å². The molecule has 1 aromatic carbocycles. The van der Waals surface area contributed by atoms with Crippen molar-refractivity contribution in [2.45, 2.75) is 56.6 Å². The summed E-state index contributed by atoms with van der Waals surface area (Å²) < 4.78 is 65.9. The summed E-state index contributed by atoms with van der Waals surface area (Å²) in [7, 11) is -5.76. The van der Waals surface area contributed by atoms with E-state index in [-0.39, 0.29) is 0 Å². The minimum atomic E-state index is -6.15. The third-order valence-corrected chi connectivity index (χ3v) is 11.3. The third kappa shape index (κ3) is 7.18. The Morgan fingerprint density at radius 2 is 1.44 bits per heavy atom. The first-order valence-corrected chi connectivity index (χ1v) is 16.4. The van der Waals surface area contributed by atoms with Gasteiger partial charge in [0.2, 0.25) is 5.78 Å². The number of hydrogen-bond acceptors (Lipinski definition) is 8. The van der Waals surface area contributed by atoms with Crippen LogP contribution in [-0.2, 0) is 40.1 Å². The molecule has 1 heterocycles. The van der Waals surface area contributed by atoms with Crippen LogP contribution in [-0.4, -0.2) is 66.4 Å². The fourth-order valence-electron chi connectivity index (χ4n) is 6.72. The van der Waals surface area contributed by atoms with Gasteiger partial charge < -0.3 is 14.0 Å². The van der Waals surface area contributed by atoms with E-state index in [1.807, 2.05) is 30.3 Å². The van der Waals surface area contributed by atoms with Gasteiger partial charge in [-0.15, -0.1) is 0 Å². The van der Waals surface area contributed by atoms with E-state index >= 15 is 0 Å². The van der Waals surface area contributed by atoms with Crippen molar-refractivity contribution < 1.29 is 45.6 Å². The molecule has 4 bridgehead atoms. The van der Waals surface area contributed by atoms with Gasteiger partial charge in [-0.25, -0.2) is 13.2 Å². The molecular formula is C27H34F2O8S2. The Hall–Kier alpha value is -2.05. The maximum atomic E-state index is 12.9. The highest BCUT2D eigenvalue weighted by molar-refractivity contribution is 7.97. The molecule has 0 spiro atoms. The molecule has 1 saturated heterocycles. The monoisotopic (exact) mass is 588 g/mol.